The zero-order valence-corrected chi connectivity index (χ0v) is 10.8. The first-order valence-corrected chi connectivity index (χ1v) is 6.07. The van der Waals surface area contributed by atoms with Crippen LogP contribution in [0.3, 0.4) is 0 Å². The molecule has 0 radical (unpaired) electrons. The summed E-state index contributed by atoms with van der Waals surface area (Å²) in [5, 5.41) is 3.38. The van der Waals surface area contributed by atoms with Crippen LogP contribution in [0.15, 0.2) is 18.2 Å². The van der Waals surface area contributed by atoms with Crippen molar-refractivity contribution in [2.45, 2.75) is 45.6 Å². The van der Waals surface area contributed by atoms with E-state index >= 15 is 0 Å². The third-order valence-electron chi connectivity index (χ3n) is 2.47. The lowest BCUT2D eigenvalue weighted by Crippen LogP contribution is -2.36. The van der Waals surface area contributed by atoms with Gasteiger partial charge in [-0.15, -0.1) is 0 Å². The monoisotopic (exact) mass is 241 g/mol. The summed E-state index contributed by atoms with van der Waals surface area (Å²) in [6, 6.07) is 3.71. The third-order valence-corrected chi connectivity index (χ3v) is 2.47. The Morgan fingerprint density at radius 2 is 1.59 bits per heavy atom. The SMILES string of the molecule is CC(C)(C)NCCCCc1cc(F)cc(F)c1. The van der Waals surface area contributed by atoms with Crippen LogP contribution in [0.5, 0.6) is 0 Å². The van der Waals surface area contributed by atoms with Crippen LogP contribution in [-0.4, -0.2) is 12.1 Å². The number of nitrogens with one attached hydrogen (secondary N) is 1. The van der Waals surface area contributed by atoms with E-state index in [2.05, 4.69) is 26.1 Å². The van der Waals surface area contributed by atoms with E-state index in [0.29, 0.717) is 0 Å². The van der Waals surface area contributed by atoms with Crippen LogP contribution >= 0.6 is 0 Å². The molecule has 1 rings (SSSR count). The van der Waals surface area contributed by atoms with Crippen molar-refractivity contribution in [2.24, 2.45) is 0 Å². The van der Waals surface area contributed by atoms with Crippen LogP contribution < -0.4 is 5.32 Å². The zero-order chi connectivity index (χ0) is 12.9. The molecule has 17 heavy (non-hydrogen) atoms. The molecule has 0 heterocycles. The Bertz CT molecular complexity index is 335. The van der Waals surface area contributed by atoms with Gasteiger partial charge in [-0.25, -0.2) is 8.78 Å². The normalized spacial score (nSPS) is 11.8. The fourth-order valence-electron chi connectivity index (χ4n) is 1.67. The highest BCUT2D eigenvalue weighted by atomic mass is 19.1. The van der Waals surface area contributed by atoms with E-state index in [1.807, 2.05) is 0 Å². The van der Waals surface area contributed by atoms with E-state index in [9.17, 15) is 8.78 Å². The molecule has 3 heteroatoms. The van der Waals surface area contributed by atoms with Gasteiger partial charge in [-0.1, -0.05) is 0 Å². The minimum atomic E-state index is -0.493. The third kappa shape index (κ3) is 6.37. The summed E-state index contributed by atoms with van der Waals surface area (Å²) in [7, 11) is 0. The predicted molar refractivity (Wildman–Crippen MR) is 67.1 cm³/mol. The molecule has 96 valence electrons. The molecule has 0 amide bonds. The van der Waals surface area contributed by atoms with Gasteiger partial charge in [-0.05, 0) is 64.3 Å². The summed E-state index contributed by atoms with van der Waals surface area (Å²) in [5.41, 5.74) is 0.864. The molecule has 0 saturated heterocycles. The molecule has 0 bridgehead atoms. The largest absolute Gasteiger partial charge is 0.312 e. The van der Waals surface area contributed by atoms with Gasteiger partial charge in [0.2, 0.25) is 0 Å². The Kier molecular flexibility index (Phi) is 5.06. The van der Waals surface area contributed by atoms with Gasteiger partial charge in [-0.2, -0.15) is 0 Å². The molecule has 0 saturated carbocycles. The van der Waals surface area contributed by atoms with Crippen molar-refractivity contribution in [1.82, 2.24) is 5.32 Å². The number of benzene rings is 1. The van der Waals surface area contributed by atoms with E-state index in [1.54, 1.807) is 0 Å². The number of halogens is 2. The van der Waals surface area contributed by atoms with Crippen LogP contribution in [0.1, 0.15) is 39.2 Å². The average Bonchev–Trinajstić information content (AvgIpc) is 2.13. The molecular weight excluding hydrogens is 220 g/mol. The van der Waals surface area contributed by atoms with Crippen molar-refractivity contribution in [1.29, 1.82) is 0 Å². The molecule has 1 nitrogen and oxygen atoms in total. The maximum Gasteiger partial charge on any atom is 0.126 e. The number of unbranched alkanes of at least 4 members (excludes halogenated alkanes) is 1. The quantitative estimate of drug-likeness (QED) is 0.775. The van der Waals surface area contributed by atoms with Crippen molar-refractivity contribution in [3.63, 3.8) is 0 Å². The predicted octanol–water partition coefficient (Wildman–Crippen LogP) is 3.68. The van der Waals surface area contributed by atoms with E-state index in [-0.39, 0.29) is 5.54 Å². The van der Waals surface area contributed by atoms with Crippen molar-refractivity contribution in [3.8, 4) is 0 Å². The van der Waals surface area contributed by atoms with E-state index < -0.39 is 11.6 Å². The van der Waals surface area contributed by atoms with Crippen molar-refractivity contribution < 1.29 is 8.78 Å². The highest BCUT2D eigenvalue weighted by Gasteiger charge is 2.07. The Balaban J connectivity index is 2.27. The second kappa shape index (κ2) is 6.10. The molecule has 1 aromatic carbocycles. The minimum absolute atomic E-state index is 0.130. The van der Waals surface area contributed by atoms with Gasteiger partial charge in [-0.3, -0.25) is 0 Å². The summed E-state index contributed by atoms with van der Waals surface area (Å²) in [6.07, 6.45) is 2.67. The molecule has 0 fully saturated rings. The zero-order valence-electron chi connectivity index (χ0n) is 10.8. The fraction of sp³-hybridized carbons (Fsp3) is 0.571. The van der Waals surface area contributed by atoms with Gasteiger partial charge in [0.05, 0.1) is 0 Å². The van der Waals surface area contributed by atoms with Crippen LogP contribution in [0.4, 0.5) is 8.78 Å². The van der Waals surface area contributed by atoms with Gasteiger partial charge >= 0.3 is 0 Å². The van der Waals surface area contributed by atoms with Gasteiger partial charge in [0.1, 0.15) is 11.6 Å². The molecular formula is C14H21F2N. The van der Waals surface area contributed by atoms with Crippen molar-refractivity contribution >= 4 is 0 Å². The van der Waals surface area contributed by atoms with Crippen LogP contribution in [0, 0.1) is 11.6 Å². The van der Waals surface area contributed by atoms with Crippen molar-refractivity contribution in [3.05, 3.63) is 35.4 Å². The first-order chi connectivity index (χ1) is 7.87. The Morgan fingerprint density at radius 3 is 2.12 bits per heavy atom. The maximum absolute atomic E-state index is 12.9. The molecule has 0 aromatic heterocycles. The van der Waals surface area contributed by atoms with Gasteiger partial charge < -0.3 is 5.32 Å². The summed E-state index contributed by atoms with van der Waals surface area (Å²) >= 11 is 0. The Hall–Kier alpha value is -0.960. The highest BCUT2D eigenvalue weighted by molar-refractivity contribution is 5.17. The van der Waals surface area contributed by atoms with E-state index in [0.717, 1.165) is 37.4 Å². The van der Waals surface area contributed by atoms with Gasteiger partial charge in [0.25, 0.3) is 0 Å². The lowest BCUT2D eigenvalue weighted by Gasteiger charge is -2.20. The number of hydrogen-bond donors (Lipinski definition) is 1. The summed E-state index contributed by atoms with van der Waals surface area (Å²) in [5.74, 6) is -0.986. The molecule has 1 aromatic rings. The lowest BCUT2D eigenvalue weighted by atomic mass is 10.1. The van der Waals surface area contributed by atoms with Crippen molar-refractivity contribution in [2.75, 3.05) is 6.54 Å². The first kappa shape index (κ1) is 14.1. The fourth-order valence-corrected chi connectivity index (χ4v) is 1.67. The molecule has 1 N–H and O–H groups in total. The van der Waals surface area contributed by atoms with Gasteiger partial charge in [0, 0.05) is 11.6 Å². The standard InChI is InChI=1S/C14H21F2N/c1-14(2,3)17-7-5-4-6-11-8-12(15)10-13(16)9-11/h8-10,17H,4-7H2,1-3H3. The Labute approximate surface area is 102 Å². The second-order valence-electron chi connectivity index (χ2n) is 5.41. The number of aryl methyl sites for hydroxylation is 1. The van der Waals surface area contributed by atoms with Gasteiger partial charge in [0.15, 0.2) is 0 Å². The summed E-state index contributed by atoms with van der Waals surface area (Å²) < 4.78 is 25.8. The molecule has 0 aliphatic carbocycles. The Morgan fingerprint density at radius 1 is 1.00 bits per heavy atom. The smallest absolute Gasteiger partial charge is 0.126 e. The maximum atomic E-state index is 12.9. The molecule has 0 unspecified atom stereocenters. The average molecular weight is 241 g/mol. The molecule has 0 spiro atoms. The number of rotatable bonds is 5. The second-order valence-corrected chi connectivity index (χ2v) is 5.41. The van der Waals surface area contributed by atoms with E-state index in [1.165, 1.54) is 12.1 Å². The molecule has 0 atom stereocenters. The first-order valence-electron chi connectivity index (χ1n) is 6.07. The molecule has 0 aliphatic rings. The molecule has 0 aliphatic heterocycles. The topological polar surface area (TPSA) is 12.0 Å². The van der Waals surface area contributed by atoms with Crippen LogP contribution in [-0.2, 0) is 6.42 Å². The van der Waals surface area contributed by atoms with Crippen LogP contribution in [0.25, 0.3) is 0 Å². The lowest BCUT2D eigenvalue weighted by molar-refractivity contribution is 0.419. The minimum Gasteiger partial charge on any atom is -0.312 e. The van der Waals surface area contributed by atoms with E-state index in [4.69, 9.17) is 0 Å². The van der Waals surface area contributed by atoms with Crippen LogP contribution in [0.2, 0.25) is 0 Å². The summed E-state index contributed by atoms with van der Waals surface area (Å²) in [6.45, 7) is 7.29. The highest BCUT2D eigenvalue weighted by Crippen LogP contribution is 2.11. The summed E-state index contributed by atoms with van der Waals surface area (Å²) in [4.78, 5) is 0. The number of hydrogen-bond acceptors (Lipinski definition) is 1.